The molecule has 0 amide bonds. The fraction of sp³-hybridized carbons (Fsp3) is 0.600. The molecule has 1 aromatic carbocycles. The van der Waals surface area contributed by atoms with E-state index in [9.17, 15) is 13.2 Å². The fourth-order valence-electron chi connectivity index (χ4n) is 1.96. The standard InChI is InChI=1S/C15H22F3NO/c1-3-7-19-14(6-8-20-10-15(17)18)12-4-5-13(16)11(2)9-12/h4-5,9,14-15,19H,3,6-8,10H2,1-2H3. The molecule has 0 radical (unpaired) electrons. The highest BCUT2D eigenvalue weighted by Gasteiger charge is 2.12. The SMILES string of the molecule is CCCNC(CCOCC(F)F)c1ccc(F)c(C)c1. The third kappa shape index (κ3) is 5.92. The van der Waals surface area contributed by atoms with Gasteiger partial charge in [0.25, 0.3) is 6.43 Å². The molecule has 0 aromatic heterocycles. The lowest BCUT2D eigenvalue weighted by molar-refractivity contribution is 0.0143. The number of ether oxygens (including phenoxy) is 1. The first-order chi connectivity index (χ1) is 9.54. The van der Waals surface area contributed by atoms with Crippen molar-refractivity contribution in [3.63, 3.8) is 0 Å². The molecule has 1 aromatic rings. The zero-order chi connectivity index (χ0) is 15.0. The molecular formula is C15H22F3NO. The van der Waals surface area contributed by atoms with Gasteiger partial charge in [0.15, 0.2) is 0 Å². The van der Waals surface area contributed by atoms with Gasteiger partial charge in [-0.2, -0.15) is 0 Å². The van der Waals surface area contributed by atoms with E-state index in [1.54, 1.807) is 19.1 Å². The van der Waals surface area contributed by atoms with Gasteiger partial charge in [-0.15, -0.1) is 0 Å². The van der Waals surface area contributed by atoms with Crippen LogP contribution in [0, 0.1) is 12.7 Å². The maximum atomic E-state index is 13.3. The second kappa shape index (κ2) is 8.97. The summed E-state index contributed by atoms with van der Waals surface area (Å²) in [6, 6.07) is 4.94. The first kappa shape index (κ1) is 17.0. The van der Waals surface area contributed by atoms with Crippen molar-refractivity contribution in [2.75, 3.05) is 19.8 Å². The van der Waals surface area contributed by atoms with Gasteiger partial charge in [-0.3, -0.25) is 0 Å². The highest BCUT2D eigenvalue weighted by molar-refractivity contribution is 5.26. The van der Waals surface area contributed by atoms with Crippen LogP contribution in [0.15, 0.2) is 18.2 Å². The molecular weight excluding hydrogens is 267 g/mol. The summed E-state index contributed by atoms with van der Waals surface area (Å²) < 4.78 is 42.2. The van der Waals surface area contributed by atoms with E-state index in [2.05, 4.69) is 5.32 Å². The number of hydrogen-bond donors (Lipinski definition) is 1. The first-order valence-electron chi connectivity index (χ1n) is 6.90. The van der Waals surface area contributed by atoms with E-state index >= 15 is 0 Å². The average molecular weight is 289 g/mol. The Labute approximate surface area is 118 Å². The van der Waals surface area contributed by atoms with Gasteiger partial charge >= 0.3 is 0 Å². The zero-order valence-corrected chi connectivity index (χ0v) is 12.0. The highest BCUT2D eigenvalue weighted by Crippen LogP contribution is 2.20. The summed E-state index contributed by atoms with van der Waals surface area (Å²) in [7, 11) is 0. The molecule has 0 saturated heterocycles. The van der Waals surface area contributed by atoms with Gasteiger partial charge in [-0.1, -0.05) is 19.1 Å². The molecule has 0 heterocycles. The molecule has 1 unspecified atom stereocenters. The van der Waals surface area contributed by atoms with Crippen LogP contribution in [0.2, 0.25) is 0 Å². The molecule has 0 aliphatic rings. The van der Waals surface area contributed by atoms with Crippen molar-refractivity contribution < 1.29 is 17.9 Å². The molecule has 20 heavy (non-hydrogen) atoms. The lowest BCUT2D eigenvalue weighted by atomic mass is 10.0. The van der Waals surface area contributed by atoms with Crippen LogP contribution in [0.1, 0.15) is 36.9 Å². The van der Waals surface area contributed by atoms with Crippen molar-refractivity contribution in [3.8, 4) is 0 Å². The van der Waals surface area contributed by atoms with Crippen LogP contribution >= 0.6 is 0 Å². The van der Waals surface area contributed by atoms with Gasteiger partial charge in [0.2, 0.25) is 0 Å². The number of nitrogens with one attached hydrogen (secondary N) is 1. The fourth-order valence-corrected chi connectivity index (χ4v) is 1.96. The quantitative estimate of drug-likeness (QED) is 0.697. The molecule has 2 nitrogen and oxygen atoms in total. The Hall–Kier alpha value is -1.07. The summed E-state index contributed by atoms with van der Waals surface area (Å²) in [5.74, 6) is -0.239. The van der Waals surface area contributed by atoms with Crippen LogP contribution in [-0.4, -0.2) is 26.2 Å². The molecule has 0 fully saturated rings. The monoisotopic (exact) mass is 289 g/mol. The summed E-state index contributed by atoms with van der Waals surface area (Å²) in [5.41, 5.74) is 1.54. The summed E-state index contributed by atoms with van der Waals surface area (Å²) in [4.78, 5) is 0. The number of rotatable bonds is 9. The van der Waals surface area contributed by atoms with E-state index in [1.165, 1.54) is 6.07 Å². The topological polar surface area (TPSA) is 21.3 Å². The highest BCUT2D eigenvalue weighted by atomic mass is 19.3. The van der Waals surface area contributed by atoms with E-state index in [1.807, 2.05) is 6.92 Å². The molecule has 0 spiro atoms. The maximum Gasteiger partial charge on any atom is 0.261 e. The Morgan fingerprint density at radius 1 is 1.30 bits per heavy atom. The number of benzene rings is 1. The van der Waals surface area contributed by atoms with Crippen molar-refractivity contribution in [1.29, 1.82) is 0 Å². The largest absolute Gasteiger partial charge is 0.375 e. The zero-order valence-electron chi connectivity index (χ0n) is 12.0. The smallest absolute Gasteiger partial charge is 0.261 e. The summed E-state index contributed by atoms with van der Waals surface area (Å²) in [6.07, 6.45) is -0.892. The maximum absolute atomic E-state index is 13.3. The number of halogens is 3. The summed E-state index contributed by atoms with van der Waals surface area (Å²) in [6.45, 7) is 4.29. The third-order valence-electron chi connectivity index (χ3n) is 3.02. The predicted octanol–water partition coefficient (Wildman–Crippen LogP) is 3.85. The number of alkyl halides is 2. The normalized spacial score (nSPS) is 12.9. The summed E-state index contributed by atoms with van der Waals surface area (Å²) >= 11 is 0. The molecule has 0 aliphatic carbocycles. The van der Waals surface area contributed by atoms with Gasteiger partial charge in [0.05, 0.1) is 0 Å². The first-order valence-corrected chi connectivity index (χ1v) is 6.90. The van der Waals surface area contributed by atoms with Gasteiger partial charge in [-0.05, 0) is 43.5 Å². The lowest BCUT2D eigenvalue weighted by Crippen LogP contribution is -2.24. The number of hydrogen-bond acceptors (Lipinski definition) is 2. The van der Waals surface area contributed by atoms with Crippen LogP contribution in [0.3, 0.4) is 0 Å². The second-order valence-electron chi connectivity index (χ2n) is 4.77. The van der Waals surface area contributed by atoms with E-state index in [-0.39, 0.29) is 18.5 Å². The summed E-state index contributed by atoms with van der Waals surface area (Å²) in [5, 5.41) is 3.33. The third-order valence-corrected chi connectivity index (χ3v) is 3.02. The minimum absolute atomic E-state index is 0.00748. The Kier molecular flexibility index (Phi) is 7.62. The molecule has 1 rings (SSSR count). The molecule has 0 bridgehead atoms. The van der Waals surface area contributed by atoms with Gasteiger partial charge in [-0.25, -0.2) is 13.2 Å². The molecule has 0 aliphatic heterocycles. The molecule has 1 N–H and O–H groups in total. The minimum Gasteiger partial charge on any atom is -0.375 e. The van der Waals surface area contributed by atoms with Crippen LogP contribution in [0.5, 0.6) is 0 Å². The van der Waals surface area contributed by atoms with Crippen LogP contribution in [0.25, 0.3) is 0 Å². The van der Waals surface area contributed by atoms with Crippen LogP contribution in [-0.2, 0) is 4.74 Å². The number of aryl methyl sites for hydroxylation is 1. The van der Waals surface area contributed by atoms with Gasteiger partial charge in [0.1, 0.15) is 12.4 Å². The molecule has 5 heteroatoms. The Morgan fingerprint density at radius 2 is 2.05 bits per heavy atom. The Bertz CT molecular complexity index is 399. The Morgan fingerprint density at radius 3 is 2.65 bits per heavy atom. The van der Waals surface area contributed by atoms with Gasteiger partial charge in [0, 0.05) is 12.6 Å². The van der Waals surface area contributed by atoms with Crippen molar-refractivity contribution >= 4 is 0 Å². The van der Waals surface area contributed by atoms with E-state index < -0.39 is 13.0 Å². The van der Waals surface area contributed by atoms with Crippen molar-refractivity contribution in [1.82, 2.24) is 5.32 Å². The minimum atomic E-state index is -2.44. The van der Waals surface area contributed by atoms with Crippen molar-refractivity contribution in [2.24, 2.45) is 0 Å². The van der Waals surface area contributed by atoms with Crippen LogP contribution < -0.4 is 5.32 Å². The Balaban J connectivity index is 2.60. The van der Waals surface area contributed by atoms with Crippen LogP contribution in [0.4, 0.5) is 13.2 Å². The molecule has 0 saturated carbocycles. The van der Waals surface area contributed by atoms with Gasteiger partial charge < -0.3 is 10.1 Å². The molecule has 1 atom stereocenters. The van der Waals surface area contributed by atoms with E-state index in [0.717, 1.165) is 18.5 Å². The lowest BCUT2D eigenvalue weighted by Gasteiger charge is -2.19. The predicted molar refractivity (Wildman–Crippen MR) is 73.6 cm³/mol. The molecule has 114 valence electrons. The van der Waals surface area contributed by atoms with Crippen molar-refractivity contribution in [3.05, 3.63) is 35.1 Å². The van der Waals surface area contributed by atoms with E-state index in [4.69, 9.17) is 4.74 Å². The van der Waals surface area contributed by atoms with E-state index in [0.29, 0.717) is 12.0 Å². The second-order valence-corrected chi connectivity index (χ2v) is 4.77. The average Bonchev–Trinajstić information content (AvgIpc) is 2.41. The van der Waals surface area contributed by atoms with Crippen molar-refractivity contribution in [2.45, 2.75) is 39.2 Å².